The van der Waals surface area contributed by atoms with Crippen molar-refractivity contribution in [2.24, 2.45) is 0 Å². The number of anilines is 1. The molecule has 2 aromatic carbocycles. The van der Waals surface area contributed by atoms with Crippen LogP contribution in [0.5, 0.6) is 5.75 Å². The third-order valence-corrected chi connectivity index (χ3v) is 5.60. The van der Waals surface area contributed by atoms with E-state index in [1.165, 1.54) is 0 Å². The largest absolute Gasteiger partial charge is 0.497 e. The first-order valence-corrected chi connectivity index (χ1v) is 8.48. The Morgan fingerprint density at radius 3 is 2.67 bits per heavy atom. The van der Waals surface area contributed by atoms with Crippen molar-refractivity contribution < 1.29 is 9.53 Å². The number of rotatable bonds is 1. The maximum atomic E-state index is 13.2. The highest BCUT2D eigenvalue weighted by atomic mass is 79.9. The Morgan fingerprint density at radius 1 is 1.21 bits per heavy atom. The van der Waals surface area contributed by atoms with Gasteiger partial charge in [0.2, 0.25) is 0 Å². The second kappa shape index (κ2) is 4.86. The van der Waals surface area contributed by atoms with Crippen LogP contribution in [0.1, 0.15) is 41.0 Å². The summed E-state index contributed by atoms with van der Waals surface area (Å²) in [5, 5.41) is 0.894. The highest BCUT2D eigenvalue weighted by molar-refractivity contribution is 9.10. The van der Waals surface area contributed by atoms with Crippen LogP contribution in [0.3, 0.4) is 0 Å². The van der Waals surface area contributed by atoms with E-state index in [0.29, 0.717) is 5.69 Å². The molecule has 0 unspecified atom stereocenters. The number of nitrogen functional groups attached to an aromatic ring is 1. The normalized spacial score (nSPS) is 15.2. The molecule has 0 amide bonds. The van der Waals surface area contributed by atoms with Crippen molar-refractivity contribution in [2.45, 2.75) is 19.3 Å². The number of fused-ring (bicyclic) bond motifs is 4. The minimum Gasteiger partial charge on any atom is -0.497 e. The third kappa shape index (κ3) is 1.88. The summed E-state index contributed by atoms with van der Waals surface area (Å²) in [5.41, 5.74) is 10.5. The average Bonchev–Trinajstić information content (AvgIpc) is 2.92. The first-order chi connectivity index (χ1) is 11.3. The quantitative estimate of drug-likeness (QED) is 0.611. The molecule has 0 fully saturated rings. The van der Waals surface area contributed by atoms with E-state index in [4.69, 9.17) is 10.5 Å². The van der Waals surface area contributed by atoms with Gasteiger partial charge in [-0.1, -0.05) is 13.8 Å². The Labute approximate surface area is 148 Å². The first kappa shape index (κ1) is 15.3. The van der Waals surface area contributed by atoms with E-state index in [2.05, 4.69) is 34.8 Å². The number of benzene rings is 2. The Balaban J connectivity index is 2.08. The summed E-state index contributed by atoms with van der Waals surface area (Å²) >= 11 is 3.46. The molecule has 3 N–H and O–H groups in total. The van der Waals surface area contributed by atoms with Gasteiger partial charge in [0.1, 0.15) is 5.75 Å². The number of halogens is 1. The van der Waals surface area contributed by atoms with Crippen molar-refractivity contribution >= 4 is 38.3 Å². The molecule has 0 spiro atoms. The van der Waals surface area contributed by atoms with Crippen LogP contribution < -0.4 is 10.5 Å². The molecule has 0 saturated heterocycles. The van der Waals surface area contributed by atoms with Gasteiger partial charge in [0.15, 0.2) is 5.78 Å². The molecule has 0 bridgehead atoms. The van der Waals surface area contributed by atoms with Gasteiger partial charge in [0.25, 0.3) is 0 Å². The van der Waals surface area contributed by atoms with Crippen molar-refractivity contribution in [3.8, 4) is 5.75 Å². The second-order valence-corrected chi connectivity index (χ2v) is 7.51. The molecule has 1 aliphatic rings. The molecule has 4 rings (SSSR count). The molecule has 24 heavy (non-hydrogen) atoms. The van der Waals surface area contributed by atoms with Gasteiger partial charge in [-0.25, -0.2) is 0 Å². The van der Waals surface area contributed by atoms with Crippen molar-refractivity contribution in [3.63, 3.8) is 0 Å². The maximum absolute atomic E-state index is 13.2. The molecule has 3 aromatic rings. The number of hydrogen-bond acceptors (Lipinski definition) is 3. The Kier molecular flexibility index (Phi) is 3.09. The van der Waals surface area contributed by atoms with Crippen LogP contribution in [-0.2, 0) is 5.41 Å². The van der Waals surface area contributed by atoms with Gasteiger partial charge in [-0.05, 0) is 51.8 Å². The smallest absolute Gasteiger partial charge is 0.195 e. The highest BCUT2D eigenvalue weighted by Crippen LogP contribution is 2.45. The van der Waals surface area contributed by atoms with Crippen molar-refractivity contribution in [1.82, 2.24) is 4.98 Å². The van der Waals surface area contributed by atoms with Crippen LogP contribution in [-0.4, -0.2) is 17.9 Å². The lowest BCUT2D eigenvalue weighted by Crippen LogP contribution is -2.30. The van der Waals surface area contributed by atoms with E-state index >= 15 is 0 Å². The molecular formula is C19H17BrN2O2. The Bertz CT molecular complexity index is 1020. The van der Waals surface area contributed by atoms with Gasteiger partial charge in [0, 0.05) is 37.7 Å². The van der Waals surface area contributed by atoms with Crippen LogP contribution in [0.15, 0.2) is 34.8 Å². The summed E-state index contributed by atoms with van der Waals surface area (Å²) in [7, 11) is 1.63. The van der Waals surface area contributed by atoms with Crippen molar-refractivity contribution in [2.75, 3.05) is 12.8 Å². The van der Waals surface area contributed by atoms with Crippen LogP contribution in [0.2, 0.25) is 0 Å². The summed E-state index contributed by atoms with van der Waals surface area (Å²) < 4.78 is 6.14. The topological polar surface area (TPSA) is 68.1 Å². The van der Waals surface area contributed by atoms with E-state index < -0.39 is 0 Å². The van der Waals surface area contributed by atoms with E-state index in [-0.39, 0.29) is 11.2 Å². The summed E-state index contributed by atoms with van der Waals surface area (Å²) in [5.74, 6) is 0.783. The van der Waals surface area contributed by atoms with Crippen molar-refractivity contribution in [1.29, 1.82) is 0 Å². The fourth-order valence-electron chi connectivity index (χ4n) is 3.57. The van der Waals surface area contributed by atoms with Gasteiger partial charge < -0.3 is 15.5 Å². The number of H-pyrrole nitrogens is 1. The third-order valence-electron chi connectivity index (χ3n) is 4.91. The van der Waals surface area contributed by atoms with Crippen molar-refractivity contribution in [3.05, 3.63) is 57.2 Å². The molecule has 1 heterocycles. The lowest BCUT2D eigenvalue weighted by molar-refractivity contribution is 0.103. The molecule has 0 aliphatic heterocycles. The number of ether oxygens (including phenoxy) is 1. The first-order valence-electron chi connectivity index (χ1n) is 7.69. The lowest BCUT2D eigenvalue weighted by Gasteiger charge is -2.32. The van der Waals surface area contributed by atoms with E-state index in [1.807, 2.05) is 30.3 Å². The number of ketones is 1. The van der Waals surface area contributed by atoms with E-state index in [0.717, 1.165) is 43.5 Å². The average molecular weight is 385 g/mol. The summed E-state index contributed by atoms with van der Waals surface area (Å²) in [6, 6.07) is 9.42. The summed E-state index contributed by atoms with van der Waals surface area (Å²) in [4.78, 5) is 16.6. The SMILES string of the molecule is COc1ccc2c(c1)C(C)(C)c1[nH]c3cc(N)c(Br)cc3c1C2=O. The molecular weight excluding hydrogens is 368 g/mol. The number of aromatic nitrogens is 1. The minimum absolute atomic E-state index is 0.0323. The van der Waals surface area contributed by atoms with E-state index in [9.17, 15) is 4.79 Å². The molecule has 1 aliphatic carbocycles. The standard InChI is InChI=1S/C19H17BrN2O2/c1-19(2)12-6-9(24-3)4-5-10(12)17(23)16-11-7-13(20)14(21)8-15(11)22-18(16)19/h4-8,22H,21H2,1-3H3. The number of carbonyl (C=O) groups excluding carboxylic acids is 1. The molecule has 0 saturated carbocycles. The number of methoxy groups -OCH3 is 1. The molecule has 4 nitrogen and oxygen atoms in total. The van der Waals surface area contributed by atoms with Crippen LogP contribution in [0.4, 0.5) is 5.69 Å². The molecule has 0 radical (unpaired) electrons. The van der Waals surface area contributed by atoms with Gasteiger partial charge in [-0.3, -0.25) is 4.79 Å². The predicted molar refractivity (Wildman–Crippen MR) is 99.0 cm³/mol. The molecule has 1 aromatic heterocycles. The van der Waals surface area contributed by atoms with E-state index in [1.54, 1.807) is 7.11 Å². The number of nitrogens with one attached hydrogen (secondary N) is 1. The lowest BCUT2D eigenvalue weighted by atomic mass is 9.71. The number of carbonyl (C=O) groups is 1. The molecule has 122 valence electrons. The fraction of sp³-hybridized carbons (Fsp3) is 0.211. The van der Waals surface area contributed by atoms with Crippen LogP contribution in [0, 0.1) is 0 Å². The number of hydrogen-bond donors (Lipinski definition) is 2. The number of aromatic amines is 1. The number of nitrogens with two attached hydrogens (primary N) is 1. The second-order valence-electron chi connectivity index (χ2n) is 6.66. The predicted octanol–water partition coefficient (Wildman–Crippen LogP) is 4.39. The van der Waals surface area contributed by atoms with Gasteiger partial charge in [-0.2, -0.15) is 0 Å². The van der Waals surface area contributed by atoms with Crippen LogP contribution >= 0.6 is 15.9 Å². The monoisotopic (exact) mass is 384 g/mol. The summed E-state index contributed by atoms with van der Waals surface area (Å²) in [6.45, 7) is 4.23. The zero-order valence-corrected chi connectivity index (χ0v) is 15.2. The van der Waals surface area contributed by atoms with Gasteiger partial charge in [-0.15, -0.1) is 0 Å². The minimum atomic E-state index is -0.340. The Morgan fingerprint density at radius 2 is 1.96 bits per heavy atom. The van der Waals surface area contributed by atoms with Gasteiger partial charge in [0.05, 0.1) is 12.7 Å². The van der Waals surface area contributed by atoms with Crippen LogP contribution in [0.25, 0.3) is 10.9 Å². The zero-order valence-electron chi connectivity index (χ0n) is 13.7. The van der Waals surface area contributed by atoms with Gasteiger partial charge >= 0.3 is 0 Å². The molecule has 5 heteroatoms. The zero-order chi connectivity index (χ0) is 17.2. The fourth-order valence-corrected chi connectivity index (χ4v) is 3.91. The Hall–Kier alpha value is -2.27. The summed E-state index contributed by atoms with van der Waals surface area (Å²) in [6.07, 6.45) is 0. The highest BCUT2D eigenvalue weighted by Gasteiger charge is 2.39. The molecule has 0 atom stereocenters. The maximum Gasteiger partial charge on any atom is 0.195 e.